The molecule has 1 amide bonds. The molecule has 5 nitrogen and oxygen atoms in total. The van der Waals surface area contributed by atoms with Crippen LogP contribution < -0.4 is 5.56 Å². The average molecular weight is 389 g/mol. The lowest BCUT2D eigenvalue weighted by Crippen LogP contribution is -2.34. The highest BCUT2D eigenvalue weighted by Crippen LogP contribution is 2.35. The SMILES string of the molecule is C=CCn1cc(C(=O)N(C)C2CCCc3ccc(C)cc32)c2cc(C)[nH]c2c1=O. The van der Waals surface area contributed by atoms with Crippen LogP contribution in [0, 0.1) is 13.8 Å². The molecule has 1 aliphatic carbocycles. The fourth-order valence-corrected chi connectivity index (χ4v) is 4.47. The number of H-pyrrole nitrogens is 1. The number of aromatic nitrogens is 2. The van der Waals surface area contributed by atoms with E-state index in [1.54, 1.807) is 16.8 Å². The summed E-state index contributed by atoms with van der Waals surface area (Å²) in [4.78, 5) is 31.3. The van der Waals surface area contributed by atoms with E-state index in [0.29, 0.717) is 23.0 Å². The monoisotopic (exact) mass is 389 g/mol. The molecule has 2 heterocycles. The minimum atomic E-state index is -0.133. The first-order valence-electron chi connectivity index (χ1n) is 10.1. The molecule has 1 aliphatic rings. The van der Waals surface area contributed by atoms with Crippen molar-refractivity contribution in [3.63, 3.8) is 0 Å². The molecule has 1 atom stereocenters. The summed E-state index contributed by atoms with van der Waals surface area (Å²) >= 11 is 0. The Kier molecular flexibility index (Phi) is 4.91. The highest BCUT2D eigenvalue weighted by Gasteiger charge is 2.29. The molecular weight excluding hydrogens is 362 g/mol. The molecule has 0 bridgehead atoms. The molecule has 0 fully saturated rings. The van der Waals surface area contributed by atoms with Gasteiger partial charge in [-0.3, -0.25) is 9.59 Å². The molecule has 5 heteroatoms. The van der Waals surface area contributed by atoms with Gasteiger partial charge in [-0.1, -0.05) is 29.8 Å². The number of benzene rings is 1. The molecule has 1 N–H and O–H groups in total. The Labute approximate surface area is 170 Å². The molecule has 3 aromatic rings. The number of carbonyl (C=O) groups is 1. The second-order valence-corrected chi connectivity index (χ2v) is 8.06. The molecule has 1 aromatic carbocycles. The molecule has 150 valence electrons. The maximum atomic E-state index is 13.6. The van der Waals surface area contributed by atoms with Crippen LogP contribution in [0.1, 0.15) is 51.6 Å². The highest BCUT2D eigenvalue weighted by atomic mass is 16.2. The van der Waals surface area contributed by atoms with E-state index in [1.165, 1.54) is 16.7 Å². The van der Waals surface area contributed by atoms with E-state index in [0.717, 1.165) is 25.0 Å². The number of aryl methyl sites for hydroxylation is 3. The summed E-state index contributed by atoms with van der Waals surface area (Å²) in [6.45, 7) is 8.08. The van der Waals surface area contributed by atoms with Crippen molar-refractivity contribution >= 4 is 16.8 Å². The van der Waals surface area contributed by atoms with Crippen LogP contribution in [0.2, 0.25) is 0 Å². The van der Waals surface area contributed by atoms with E-state index in [4.69, 9.17) is 0 Å². The molecule has 2 aromatic heterocycles. The van der Waals surface area contributed by atoms with Crippen LogP contribution in [0.3, 0.4) is 0 Å². The molecular formula is C24H27N3O2. The molecule has 0 saturated heterocycles. The van der Waals surface area contributed by atoms with Gasteiger partial charge in [-0.15, -0.1) is 6.58 Å². The Morgan fingerprint density at radius 3 is 2.90 bits per heavy atom. The van der Waals surface area contributed by atoms with Crippen LogP contribution in [0.5, 0.6) is 0 Å². The Hall–Kier alpha value is -3.08. The summed E-state index contributed by atoms with van der Waals surface area (Å²) in [5.41, 5.74) is 5.53. The number of aromatic amines is 1. The van der Waals surface area contributed by atoms with Gasteiger partial charge in [0, 0.05) is 30.9 Å². The molecule has 4 rings (SSSR count). The average Bonchev–Trinajstić information content (AvgIpc) is 3.10. The number of hydrogen-bond donors (Lipinski definition) is 1. The third-order valence-electron chi connectivity index (χ3n) is 5.93. The number of pyridine rings is 1. The van der Waals surface area contributed by atoms with Crippen molar-refractivity contribution in [1.29, 1.82) is 0 Å². The van der Waals surface area contributed by atoms with Gasteiger partial charge in [-0.2, -0.15) is 0 Å². The third kappa shape index (κ3) is 3.31. The van der Waals surface area contributed by atoms with Crippen molar-refractivity contribution in [1.82, 2.24) is 14.5 Å². The van der Waals surface area contributed by atoms with Gasteiger partial charge in [0.1, 0.15) is 5.52 Å². The van der Waals surface area contributed by atoms with Crippen molar-refractivity contribution in [3.05, 3.63) is 81.4 Å². The number of amides is 1. The normalized spacial score (nSPS) is 15.9. The van der Waals surface area contributed by atoms with Gasteiger partial charge in [0.15, 0.2) is 0 Å². The first-order chi connectivity index (χ1) is 13.9. The number of carbonyl (C=O) groups excluding carboxylic acids is 1. The zero-order chi connectivity index (χ0) is 20.7. The Bertz CT molecular complexity index is 1170. The van der Waals surface area contributed by atoms with E-state index >= 15 is 0 Å². The van der Waals surface area contributed by atoms with Crippen LogP contribution in [0.4, 0.5) is 0 Å². The molecule has 0 saturated carbocycles. The standard InChI is InChI=1S/C24H27N3O2/c1-5-11-27-14-20(19-13-16(3)25-22(19)24(27)29)23(28)26(4)21-8-6-7-17-10-9-15(2)12-18(17)21/h5,9-10,12-14,21,25H,1,6-8,11H2,2-4H3. The summed E-state index contributed by atoms with van der Waals surface area (Å²) < 4.78 is 1.55. The summed E-state index contributed by atoms with van der Waals surface area (Å²) in [5, 5.41) is 0.685. The summed E-state index contributed by atoms with van der Waals surface area (Å²) in [7, 11) is 1.87. The van der Waals surface area contributed by atoms with Crippen molar-refractivity contribution in [2.75, 3.05) is 7.05 Å². The van der Waals surface area contributed by atoms with Gasteiger partial charge >= 0.3 is 0 Å². The number of hydrogen-bond acceptors (Lipinski definition) is 2. The molecule has 0 aliphatic heterocycles. The molecule has 29 heavy (non-hydrogen) atoms. The Morgan fingerprint density at radius 1 is 1.34 bits per heavy atom. The first-order valence-corrected chi connectivity index (χ1v) is 10.1. The summed E-state index contributed by atoms with van der Waals surface area (Å²) in [6, 6.07) is 8.46. The fourth-order valence-electron chi connectivity index (χ4n) is 4.47. The summed E-state index contributed by atoms with van der Waals surface area (Å²) in [5.74, 6) is -0.0637. The zero-order valence-electron chi connectivity index (χ0n) is 17.3. The largest absolute Gasteiger partial charge is 0.354 e. The molecule has 0 radical (unpaired) electrons. The topological polar surface area (TPSA) is 58.1 Å². The second kappa shape index (κ2) is 7.39. The lowest BCUT2D eigenvalue weighted by molar-refractivity contribution is 0.0716. The van der Waals surface area contributed by atoms with E-state index in [2.05, 4.69) is 36.7 Å². The van der Waals surface area contributed by atoms with Crippen molar-refractivity contribution in [2.24, 2.45) is 0 Å². The number of allylic oxidation sites excluding steroid dienone is 1. The van der Waals surface area contributed by atoms with Crippen LogP contribution in [0.15, 0.2) is 47.9 Å². The van der Waals surface area contributed by atoms with Gasteiger partial charge in [-0.25, -0.2) is 0 Å². The highest BCUT2D eigenvalue weighted by molar-refractivity contribution is 6.06. The van der Waals surface area contributed by atoms with Crippen molar-refractivity contribution < 1.29 is 4.79 Å². The number of nitrogens with one attached hydrogen (secondary N) is 1. The smallest absolute Gasteiger partial charge is 0.275 e. The first kappa shape index (κ1) is 19.2. The van der Waals surface area contributed by atoms with E-state index in [1.807, 2.05) is 24.9 Å². The predicted octanol–water partition coefficient (Wildman–Crippen LogP) is 4.28. The quantitative estimate of drug-likeness (QED) is 0.677. The number of nitrogens with zero attached hydrogens (tertiary/aromatic N) is 2. The van der Waals surface area contributed by atoms with Crippen LogP contribution in [-0.2, 0) is 13.0 Å². The van der Waals surface area contributed by atoms with Crippen molar-refractivity contribution in [2.45, 2.75) is 45.7 Å². The lowest BCUT2D eigenvalue weighted by Gasteiger charge is -2.34. The van der Waals surface area contributed by atoms with Gasteiger partial charge in [0.2, 0.25) is 0 Å². The van der Waals surface area contributed by atoms with Gasteiger partial charge in [0.05, 0.1) is 11.6 Å². The zero-order valence-corrected chi connectivity index (χ0v) is 17.3. The van der Waals surface area contributed by atoms with Gasteiger partial charge in [0.25, 0.3) is 11.5 Å². The maximum absolute atomic E-state index is 13.6. The van der Waals surface area contributed by atoms with Crippen LogP contribution in [0.25, 0.3) is 10.9 Å². The van der Waals surface area contributed by atoms with E-state index in [9.17, 15) is 9.59 Å². The van der Waals surface area contributed by atoms with E-state index in [-0.39, 0.29) is 17.5 Å². The lowest BCUT2D eigenvalue weighted by atomic mass is 9.85. The Balaban J connectivity index is 1.80. The maximum Gasteiger partial charge on any atom is 0.275 e. The summed E-state index contributed by atoms with van der Waals surface area (Å²) in [6.07, 6.45) is 6.41. The van der Waals surface area contributed by atoms with E-state index < -0.39 is 0 Å². The Morgan fingerprint density at radius 2 is 2.14 bits per heavy atom. The number of fused-ring (bicyclic) bond motifs is 2. The predicted molar refractivity (Wildman–Crippen MR) is 116 cm³/mol. The van der Waals surface area contributed by atoms with Gasteiger partial charge < -0.3 is 14.5 Å². The van der Waals surface area contributed by atoms with Crippen LogP contribution in [-0.4, -0.2) is 27.4 Å². The van der Waals surface area contributed by atoms with Crippen LogP contribution >= 0.6 is 0 Å². The minimum Gasteiger partial charge on any atom is -0.354 e. The fraction of sp³-hybridized carbons (Fsp3) is 0.333. The molecule has 1 unspecified atom stereocenters. The third-order valence-corrected chi connectivity index (χ3v) is 5.93. The van der Waals surface area contributed by atoms with Gasteiger partial charge in [-0.05, 0) is 50.3 Å². The second-order valence-electron chi connectivity index (χ2n) is 8.06. The minimum absolute atomic E-state index is 0.0426. The molecule has 0 spiro atoms. The number of rotatable bonds is 4. The van der Waals surface area contributed by atoms with Crippen molar-refractivity contribution in [3.8, 4) is 0 Å².